The largest absolute Gasteiger partial charge is 0.314 e. The molecule has 0 unspecified atom stereocenters. The molecular weight excluding hydrogens is 160 g/mol. The first kappa shape index (κ1) is 9.47. The van der Waals surface area contributed by atoms with Gasteiger partial charge in [-0.15, -0.1) is 0 Å². The molecule has 1 aliphatic heterocycles. The van der Waals surface area contributed by atoms with Crippen LogP contribution >= 0.6 is 0 Å². The van der Waals surface area contributed by atoms with Gasteiger partial charge in [-0.3, -0.25) is 4.90 Å². The van der Waals surface area contributed by atoms with Gasteiger partial charge in [-0.05, 0) is 19.8 Å². The van der Waals surface area contributed by atoms with Gasteiger partial charge in [-0.1, -0.05) is 19.3 Å². The molecule has 76 valence electrons. The first-order valence-corrected chi connectivity index (χ1v) is 5.77. The highest BCUT2D eigenvalue weighted by Gasteiger charge is 2.33. The molecule has 2 rings (SSSR count). The minimum Gasteiger partial charge on any atom is -0.314 e. The average Bonchev–Trinajstić information content (AvgIpc) is 2.20. The van der Waals surface area contributed by atoms with Crippen LogP contribution in [0.15, 0.2) is 0 Å². The maximum atomic E-state index is 3.43. The lowest BCUT2D eigenvalue weighted by Gasteiger charge is -2.46. The molecule has 1 heterocycles. The minimum atomic E-state index is 0.542. The molecule has 1 saturated carbocycles. The van der Waals surface area contributed by atoms with E-state index in [0.717, 1.165) is 0 Å². The molecule has 1 saturated heterocycles. The van der Waals surface area contributed by atoms with Crippen LogP contribution in [-0.2, 0) is 0 Å². The molecule has 0 radical (unpaired) electrons. The van der Waals surface area contributed by atoms with Gasteiger partial charge in [0.05, 0.1) is 0 Å². The maximum Gasteiger partial charge on any atom is 0.0182 e. The van der Waals surface area contributed by atoms with Crippen LogP contribution in [0.25, 0.3) is 0 Å². The quantitative estimate of drug-likeness (QED) is 0.663. The van der Waals surface area contributed by atoms with Crippen molar-refractivity contribution in [3.63, 3.8) is 0 Å². The normalized spacial score (nSPS) is 30.2. The van der Waals surface area contributed by atoms with E-state index in [2.05, 4.69) is 17.1 Å². The Bertz CT molecular complexity index is 155. The number of piperazine rings is 1. The number of hydrogen-bond donors (Lipinski definition) is 1. The zero-order valence-electron chi connectivity index (χ0n) is 8.81. The topological polar surface area (TPSA) is 15.3 Å². The highest BCUT2D eigenvalue weighted by atomic mass is 15.2. The number of nitrogens with zero attached hydrogens (tertiary/aromatic N) is 1. The van der Waals surface area contributed by atoms with Crippen LogP contribution in [0.5, 0.6) is 0 Å². The predicted molar refractivity (Wildman–Crippen MR) is 55.9 cm³/mol. The molecule has 2 nitrogen and oxygen atoms in total. The van der Waals surface area contributed by atoms with Gasteiger partial charge in [0.2, 0.25) is 0 Å². The summed E-state index contributed by atoms with van der Waals surface area (Å²) in [5.41, 5.74) is 0.542. The van der Waals surface area contributed by atoms with Crippen LogP contribution in [0.1, 0.15) is 39.0 Å². The van der Waals surface area contributed by atoms with Crippen molar-refractivity contribution in [3.05, 3.63) is 0 Å². The molecule has 0 aromatic heterocycles. The summed E-state index contributed by atoms with van der Waals surface area (Å²) in [5, 5.41) is 3.43. The summed E-state index contributed by atoms with van der Waals surface area (Å²) < 4.78 is 0. The molecule has 0 atom stereocenters. The van der Waals surface area contributed by atoms with Crippen LogP contribution in [-0.4, -0.2) is 36.6 Å². The van der Waals surface area contributed by atoms with Gasteiger partial charge >= 0.3 is 0 Å². The summed E-state index contributed by atoms with van der Waals surface area (Å²) >= 11 is 0. The fourth-order valence-corrected chi connectivity index (χ4v) is 2.83. The first-order valence-electron chi connectivity index (χ1n) is 5.77. The van der Waals surface area contributed by atoms with Gasteiger partial charge in [0.25, 0.3) is 0 Å². The first-order chi connectivity index (χ1) is 6.31. The lowest BCUT2D eigenvalue weighted by molar-refractivity contribution is 0.0547. The highest BCUT2D eigenvalue weighted by Crippen LogP contribution is 2.33. The van der Waals surface area contributed by atoms with Crippen molar-refractivity contribution in [2.75, 3.05) is 26.2 Å². The SMILES string of the molecule is CC1(N2CCNCC2)CCCCC1. The van der Waals surface area contributed by atoms with Crippen LogP contribution in [0.2, 0.25) is 0 Å². The monoisotopic (exact) mass is 182 g/mol. The molecule has 1 aliphatic carbocycles. The molecule has 0 aromatic rings. The Hall–Kier alpha value is -0.0800. The van der Waals surface area contributed by atoms with Crippen molar-refractivity contribution < 1.29 is 0 Å². The molecule has 13 heavy (non-hydrogen) atoms. The second kappa shape index (κ2) is 3.97. The van der Waals surface area contributed by atoms with E-state index in [1.807, 2.05) is 0 Å². The molecular formula is C11H22N2. The van der Waals surface area contributed by atoms with Crippen molar-refractivity contribution in [2.45, 2.75) is 44.6 Å². The second-order valence-corrected chi connectivity index (χ2v) is 4.79. The predicted octanol–water partition coefficient (Wildman–Crippen LogP) is 1.61. The molecule has 0 bridgehead atoms. The third-order valence-electron chi connectivity index (χ3n) is 3.81. The zero-order chi connectivity index (χ0) is 9.15. The van der Waals surface area contributed by atoms with Crippen molar-refractivity contribution in [2.24, 2.45) is 0 Å². The third kappa shape index (κ3) is 2.05. The second-order valence-electron chi connectivity index (χ2n) is 4.79. The Labute approximate surface area is 81.7 Å². The summed E-state index contributed by atoms with van der Waals surface area (Å²) in [6, 6.07) is 0. The van der Waals surface area contributed by atoms with Gasteiger partial charge in [0.1, 0.15) is 0 Å². The van der Waals surface area contributed by atoms with E-state index in [1.165, 1.54) is 58.3 Å². The summed E-state index contributed by atoms with van der Waals surface area (Å²) in [6.07, 6.45) is 7.20. The fourth-order valence-electron chi connectivity index (χ4n) is 2.83. The van der Waals surface area contributed by atoms with Crippen molar-refractivity contribution in [1.29, 1.82) is 0 Å². The molecule has 0 spiro atoms. The van der Waals surface area contributed by atoms with Crippen molar-refractivity contribution >= 4 is 0 Å². The van der Waals surface area contributed by atoms with E-state index in [1.54, 1.807) is 0 Å². The smallest absolute Gasteiger partial charge is 0.0182 e. The Balaban J connectivity index is 1.94. The lowest BCUT2D eigenvalue weighted by atomic mass is 9.81. The molecule has 2 aliphatic rings. The van der Waals surface area contributed by atoms with Gasteiger partial charge in [0, 0.05) is 31.7 Å². The molecule has 1 N–H and O–H groups in total. The minimum absolute atomic E-state index is 0.542. The van der Waals surface area contributed by atoms with E-state index in [0.29, 0.717) is 5.54 Å². The van der Waals surface area contributed by atoms with E-state index >= 15 is 0 Å². The highest BCUT2D eigenvalue weighted by molar-refractivity contribution is 4.90. The molecule has 2 fully saturated rings. The summed E-state index contributed by atoms with van der Waals surface area (Å²) in [6.45, 7) is 7.37. The average molecular weight is 182 g/mol. The van der Waals surface area contributed by atoms with Crippen LogP contribution in [0.3, 0.4) is 0 Å². The zero-order valence-corrected chi connectivity index (χ0v) is 8.81. The molecule has 0 aromatic carbocycles. The summed E-state index contributed by atoms with van der Waals surface area (Å²) in [7, 11) is 0. The molecule has 2 heteroatoms. The van der Waals surface area contributed by atoms with Crippen LogP contribution < -0.4 is 5.32 Å². The lowest BCUT2D eigenvalue weighted by Crippen LogP contribution is -2.55. The van der Waals surface area contributed by atoms with E-state index in [4.69, 9.17) is 0 Å². The maximum absolute atomic E-state index is 3.43. The number of rotatable bonds is 1. The van der Waals surface area contributed by atoms with Crippen molar-refractivity contribution in [1.82, 2.24) is 10.2 Å². The summed E-state index contributed by atoms with van der Waals surface area (Å²) in [5.74, 6) is 0. The van der Waals surface area contributed by atoms with E-state index < -0.39 is 0 Å². The van der Waals surface area contributed by atoms with Gasteiger partial charge in [-0.25, -0.2) is 0 Å². The Kier molecular flexibility index (Phi) is 2.89. The molecule has 0 amide bonds. The fraction of sp³-hybridized carbons (Fsp3) is 1.00. The third-order valence-corrected chi connectivity index (χ3v) is 3.81. The summed E-state index contributed by atoms with van der Waals surface area (Å²) in [4.78, 5) is 2.71. The van der Waals surface area contributed by atoms with Crippen LogP contribution in [0, 0.1) is 0 Å². The Morgan fingerprint density at radius 1 is 1.00 bits per heavy atom. The Morgan fingerprint density at radius 2 is 1.62 bits per heavy atom. The van der Waals surface area contributed by atoms with E-state index in [9.17, 15) is 0 Å². The number of hydrogen-bond acceptors (Lipinski definition) is 2. The van der Waals surface area contributed by atoms with Gasteiger partial charge < -0.3 is 5.32 Å². The number of nitrogens with one attached hydrogen (secondary N) is 1. The van der Waals surface area contributed by atoms with Gasteiger partial charge in [-0.2, -0.15) is 0 Å². The standard InChI is InChI=1S/C11H22N2/c1-11(5-3-2-4-6-11)13-9-7-12-8-10-13/h12H,2-10H2,1H3. The van der Waals surface area contributed by atoms with Crippen molar-refractivity contribution in [3.8, 4) is 0 Å². The van der Waals surface area contributed by atoms with Crippen LogP contribution in [0.4, 0.5) is 0 Å². The van der Waals surface area contributed by atoms with Gasteiger partial charge in [0.15, 0.2) is 0 Å². The Morgan fingerprint density at radius 3 is 2.23 bits per heavy atom. The van der Waals surface area contributed by atoms with E-state index in [-0.39, 0.29) is 0 Å².